The van der Waals surface area contributed by atoms with E-state index in [9.17, 15) is 24.0 Å². The van der Waals surface area contributed by atoms with Gasteiger partial charge in [0.2, 0.25) is 17.7 Å². The second-order valence-electron chi connectivity index (χ2n) is 14.3. The van der Waals surface area contributed by atoms with E-state index in [0.29, 0.717) is 49.3 Å². The van der Waals surface area contributed by atoms with Gasteiger partial charge in [0.25, 0.3) is 11.8 Å². The van der Waals surface area contributed by atoms with Crippen LogP contribution in [0, 0.1) is 6.92 Å². The van der Waals surface area contributed by atoms with Gasteiger partial charge >= 0.3 is 0 Å². The van der Waals surface area contributed by atoms with E-state index >= 15 is 0 Å². The van der Waals surface area contributed by atoms with Gasteiger partial charge in [-0.25, -0.2) is 0 Å². The first-order chi connectivity index (χ1) is 28.5. The van der Waals surface area contributed by atoms with Gasteiger partial charge in [-0.15, -0.1) is 0 Å². The third-order valence-corrected chi connectivity index (χ3v) is 9.75. The molecule has 310 valence electrons. The molecule has 4 unspecified atom stereocenters. The van der Waals surface area contributed by atoms with Crippen LogP contribution < -0.4 is 48.1 Å². The van der Waals surface area contributed by atoms with Crippen LogP contribution >= 0.6 is 0 Å². The molecule has 0 spiro atoms. The van der Waals surface area contributed by atoms with Crippen LogP contribution in [0.4, 0.5) is 5.69 Å². The summed E-state index contributed by atoms with van der Waals surface area (Å²) in [6.07, 6.45) is 1.76. The molecular formula is C44H53N9O6. The van der Waals surface area contributed by atoms with Crippen LogP contribution in [0.2, 0.25) is 0 Å². The number of anilines is 1. The lowest BCUT2D eigenvalue weighted by Crippen LogP contribution is -2.65. The fourth-order valence-corrected chi connectivity index (χ4v) is 6.50. The van der Waals surface area contributed by atoms with E-state index in [2.05, 4.69) is 26.3 Å². The van der Waals surface area contributed by atoms with Gasteiger partial charge in [0.05, 0.1) is 6.54 Å². The number of aliphatic imine (C=N–C) groups is 1. The molecule has 1 aliphatic rings. The lowest BCUT2D eigenvalue weighted by atomic mass is 10.0. The van der Waals surface area contributed by atoms with Gasteiger partial charge in [-0.1, -0.05) is 72.8 Å². The first-order valence-electron chi connectivity index (χ1n) is 19.7. The van der Waals surface area contributed by atoms with Crippen LogP contribution in [-0.2, 0) is 25.8 Å². The zero-order valence-electron chi connectivity index (χ0n) is 33.1. The Morgan fingerprint density at radius 3 is 2.10 bits per heavy atom. The number of amides is 5. The van der Waals surface area contributed by atoms with Gasteiger partial charge in [0.1, 0.15) is 36.5 Å². The van der Waals surface area contributed by atoms with Crippen molar-refractivity contribution in [2.45, 2.75) is 69.8 Å². The fourth-order valence-electron chi connectivity index (χ4n) is 6.50. The largest absolute Gasteiger partial charge is 0.489 e. The fraction of sp³-hybridized carbons (Fsp3) is 0.318. The van der Waals surface area contributed by atoms with E-state index in [1.807, 2.05) is 61.5 Å². The van der Waals surface area contributed by atoms with Crippen molar-refractivity contribution < 1.29 is 28.7 Å². The molecule has 5 rings (SSSR count). The highest BCUT2D eigenvalue weighted by molar-refractivity contribution is 6.06. The number of hydrogen-bond acceptors (Lipinski definition) is 8. The first kappa shape index (κ1) is 43.4. The molecule has 15 nitrogen and oxygen atoms in total. The van der Waals surface area contributed by atoms with Crippen molar-refractivity contribution in [2.24, 2.45) is 22.2 Å². The van der Waals surface area contributed by atoms with E-state index in [1.54, 1.807) is 59.5 Å². The van der Waals surface area contributed by atoms with Gasteiger partial charge in [0.15, 0.2) is 5.96 Å². The standard InChI is InChI=1S/C44H53N9O6/c1-29-12-10-17-33(26-29)53-27-37(43(53)58)51-42(57)38(31-20-22-34(23-21-31)59-28-30-13-4-2-5-14-30)52-41(56)35(18-8-9-24-45)50-40(55)36(19-11-25-48-44(46)47)49-39(54)32-15-6-3-7-16-32/h2-7,10,12-17,20-23,26,35-38H,8-9,11,18-19,24-25,27-28,45H2,1H3,(H,49,54)(H,50,55)(H,51,57)(H,52,56)(H4,46,47,48). The Labute approximate surface area is 344 Å². The zero-order chi connectivity index (χ0) is 42.1. The molecule has 0 aliphatic carbocycles. The minimum atomic E-state index is -1.26. The number of unbranched alkanes of at least 4 members (excludes halogenated alkanes) is 1. The maximum absolute atomic E-state index is 14.2. The SMILES string of the molecule is Cc1cccc(N2CC(NC(=O)C(NC(=O)C(CCCCN)NC(=O)C(CCCN=C(N)N)NC(=O)c3ccccc3)c3ccc(OCc4ccccc4)cc3)C2=O)c1. The minimum absolute atomic E-state index is 0.103. The topological polar surface area (TPSA) is 236 Å². The summed E-state index contributed by atoms with van der Waals surface area (Å²) in [4.78, 5) is 74.2. The van der Waals surface area contributed by atoms with Crippen LogP contribution in [0.25, 0.3) is 0 Å². The summed E-state index contributed by atoms with van der Waals surface area (Å²) in [5.41, 5.74) is 20.2. The number of nitrogens with one attached hydrogen (secondary N) is 4. The van der Waals surface area contributed by atoms with Crippen molar-refractivity contribution in [1.82, 2.24) is 21.3 Å². The second kappa shape index (κ2) is 21.7. The maximum Gasteiger partial charge on any atom is 0.251 e. The van der Waals surface area contributed by atoms with Crippen molar-refractivity contribution >= 4 is 41.2 Å². The Morgan fingerprint density at radius 2 is 1.44 bits per heavy atom. The molecule has 0 aromatic heterocycles. The van der Waals surface area contributed by atoms with Gasteiger partial charge in [-0.2, -0.15) is 0 Å². The number of β-lactam (4-membered cyclic amide) rings is 1. The molecular weight excluding hydrogens is 751 g/mol. The molecule has 4 atom stereocenters. The van der Waals surface area contributed by atoms with Crippen LogP contribution in [0.15, 0.2) is 114 Å². The van der Waals surface area contributed by atoms with Crippen LogP contribution in [0.1, 0.15) is 65.2 Å². The summed E-state index contributed by atoms with van der Waals surface area (Å²) in [5.74, 6) is -2.18. The number of ether oxygens (including phenoxy) is 1. The molecule has 0 bridgehead atoms. The highest BCUT2D eigenvalue weighted by atomic mass is 16.5. The van der Waals surface area contributed by atoms with Crippen LogP contribution in [-0.4, -0.2) is 73.3 Å². The number of nitrogens with two attached hydrogens (primary N) is 3. The molecule has 0 radical (unpaired) electrons. The monoisotopic (exact) mass is 803 g/mol. The predicted molar refractivity (Wildman–Crippen MR) is 226 cm³/mol. The highest BCUT2D eigenvalue weighted by Gasteiger charge is 2.40. The van der Waals surface area contributed by atoms with E-state index in [4.69, 9.17) is 21.9 Å². The van der Waals surface area contributed by atoms with Crippen LogP contribution in [0.5, 0.6) is 5.75 Å². The Balaban J connectivity index is 1.35. The molecule has 1 aliphatic heterocycles. The second-order valence-corrected chi connectivity index (χ2v) is 14.3. The van der Waals surface area contributed by atoms with Gasteiger partial charge in [-0.3, -0.25) is 29.0 Å². The number of hydrogen-bond donors (Lipinski definition) is 7. The normalized spacial score (nSPS) is 14.8. The smallest absolute Gasteiger partial charge is 0.251 e. The summed E-state index contributed by atoms with van der Waals surface area (Å²) in [5, 5.41) is 11.2. The summed E-state index contributed by atoms with van der Waals surface area (Å²) in [6.45, 7) is 3.08. The Kier molecular flexibility index (Phi) is 16.0. The minimum Gasteiger partial charge on any atom is -0.489 e. The average Bonchev–Trinajstić information content (AvgIpc) is 3.24. The van der Waals surface area contributed by atoms with E-state index < -0.39 is 47.8 Å². The number of aryl methyl sites for hydroxylation is 1. The number of guanidine groups is 1. The lowest BCUT2D eigenvalue weighted by Gasteiger charge is -2.39. The summed E-state index contributed by atoms with van der Waals surface area (Å²) in [7, 11) is 0. The molecule has 4 aromatic carbocycles. The molecule has 10 N–H and O–H groups in total. The third-order valence-electron chi connectivity index (χ3n) is 9.75. The van der Waals surface area contributed by atoms with Crippen molar-refractivity contribution in [3.63, 3.8) is 0 Å². The first-order valence-corrected chi connectivity index (χ1v) is 19.7. The summed E-state index contributed by atoms with van der Waals surface area (Å²) in [6, 6.07) is 28.1. The van der Waals surface area contributed by atoms with Crippen molar-refractivity contribution in [3.05, 3.63) is 131 Å². The van der Waals surface area contributed by atoms with E-state index in [-0.39, 0.29) is 37.8 Å². The lowest BCUT2D eigenvalue weighted by molar-refractivity contribution is -0.135. The number of rotatable bonds is 21. The maximum atomic E-state index is 14.2. The van der Waals surface area contributed by atoms with Crippen molar-refractivity contribution in [2.75, 3.05) is 24.5 Å². The molecule has 1 heterocycles. The number of carbonyl (C=O) groups excluding carboxylic acids is 5. The summed E-state index contributed by atoms with van der Waals surface area (Å²) < 4.78 is 5.95. The average molecular weight is 804 g/mol. The van der Waals surface area contributed by atoms with Gasteiger partial charge < -0.3 is 48.1 Å². The molecule has 4 aromatic rings. The molecule has 1 saturated heterocycles. The number of nitrogens with zero attached hydrogens (tertiary/aromatic N) is 2. The Bertz CT molecular complexity index is 2060. The predicted octanol–water partition coefficient (Wildman–Crippen LogP) is 2.73. The van der Waals surface area contributed by atoms with E-state index in [0.717, 1.165) is 16.8 Å². The third kappa shape index (κ3) is 12.9. The van der Waals surface area contributed by atoms with Crippen molar-refractivity contribution in [3.8, 4) is 5.75 Å². The quantitative estimate of drug-likeness (QED) is 0.0284. The zero-order valence-corrected chi connectivity index (χ0v) is 33.1. The molecule has 5 amide bonds. The van der Waals surface area contributed by atoms with Crippen molar-refractivity contribution in [1.29, 1.82) is 0 Å². The van der Waals surface area contributed by atoms with E-state index in [1.165, 1.54) is 0 Å². The Hall–Kier alpha value is -6.74. The Morgan fingerprint density at radius 1 is 0.780 bits per heavy atom. The molecule has 1 fully saturated rings. The number of carbonyl (C=O) groups is 5. The van der Waals surface area contributed by atoms with Gasteiger partial charge in [0, 0.05) is 17.8 Å². The summed E-state index contributed by atoms with van der Waals surface area (Å²) >= 11 is 0. The molecule has 59 heavy (non-hydrogen) atoms. The van der Waals surface area contributed by atoms with Crippen LogP contribution in [0.3, 0.4) is 0 Å². The highest BCUT2D eigenvalue weighted by Crippen LogP contribution is 2.25. The number of benzene rings is 4. The van der Waals surface area contributed by atoms with Gasteiger partial charge in [-0.05, 0) is 98.7 Å². The molecule has 0 saturated carbocycles. The molecule has 15 heteroatoms.